The molecule has 120 valence electrons. The molecule has 0 aromatic heterocycles. The highest BCUT2D eigenvalue weighted by atomic mass is 16.5. The summed E-state index contributed by atoms with van der Waals surface area (Å²) in [7, 11) is 0. The third-order valence-electron chi connectivity index (χ3n) is 4.34. The quantitative estimate of drug-likeness (QED) is 0.711. The summed E-state index contributed by atoms with van der Waals surface area (Å²) >= 11 is 0. The molecule has 0 aliphatic carbocycles. The van der Waals surface area contributed by atoms with Crippen LogP contribution in [0.1, 0.15) is 32.6 Å². The molecular formula is C14H24N2O5. The van der Waals surface area contributed by atoms with E-state index in [4.69, 9.17) is 9.47 Å². The average molecular weight is 300 g/mol. The minimum absolute atomic E-state index is 0.120. The second-order valence-electron chi connectivity index (χ2n) is 6.22. The zero-order valence-electron chi connectivity index (χ0n) is 12.4. The Bertz CT molecular complexity index is 387. The molecule has 1 atom stereocenters. The normalized spacial score (nSPS) is 28.6. The third kappa shape index (κ3) is 4.07. The summed E-state index contributed by atoms with van der Waals surface area (Å²) in [6.07, 6.45) is 2.61. The highest BCUT2D eigenvalue weighted by Crippen LogP contribution is 2.30. The van der Waals surface area contributed by atoms with Gasteiger partial charge in [-0.1, -0.05) is 0 Å². The smallest absolute Gasteiger partial charge is 0.315 e. The molecule has 1 unspecified atom stereocenters. The molecule has 2 amide bonds. The number of carbonyl (C=O) groups is 2. The molecule has 0 spiro atoms. The number of nitrogens with one attached hydrogen (secondary N) is 2. The molecule has 0 aromatic carbocycles. The molecule has 2 fully saturated rings. The number of carboxylic acid groups (broad SMARTS) is 1. The van der Waals surface area contributed by atoms with Gasteiger partial charge in [-0.15, -0.1) is 0 Å². The lowest BCUT2D eigenvalue weighted by Crippen LogP contribution is -2.56. The van der Waals surface area contributed by atoms with E-state index in [1.54, 1.807) is 0 Å². The number of ether oxygens (including phenoxy) is 2. The van der Waals surface area contributed by atoms with Crippen molar-refractivity contribution in [2.75, 3.05) is 33.0 Å². The van der Waals surface area contributed by atoms with Gasteiger partial charge < -0.3 is 25.2 Å². The molecule has 0 radical (unpaired) electrons. The van der Waals surface area contributed by atoms with Gasteiger partial charge >= 0.3 is 12.0 Å². The Kier molecular flexibility index (Phi) is 5.05. The van der Waals surface area contributed by atoms with Crippen LogP contribution in [-0.4, -0.2) is 55.6 Å². The second-order valence-corrected chi connectivity index (χ2v) is 6.22. The third-order valence-corrected chi connectivity index (χ3v) is 4.34. The van der Waals surface area contributed by atoms with Crippen LogP contribution in [0.4, 0.5) is 4.79 Å². The van der Waals surface area contributed by atoms with Gasteiger partial charge in [0.05, 0.1) is 17.6 Å². The highest BCUT2D eigenvalue weighted by Gasteiger charge is 2.40. The van der Waals surface area contributed by atoms with Gasteiger partial charge in [0.2, 0.25) is 0 Å². The maximum absolute atomic E-state index is 12.0. The number of rotatable bonds is 4. The number of amides is 2. The Morgan fingerprint density at radius 2 is 1.86 bits per heavy atom. The van der Waals surface area contributed by atoms with E-state index in [0.29, 0.717) is 32.7 Å². The standard InChI is InChI=1S/C14H24N2O5/c1-13(3-2-6-21-10-13)16-12(19)15-9-14(11(17)18)4-7-20-8-5-14/h2-10H2,1H3,(H,17,18)(H2,15,16,19). The fourth-order valence-electron chi connectivity index (χ4n) is 2.83. The molecule has 0 aromatic rings. The fraction of sp³-hybridized carbons (Fsp3) is 0.857. The van der Waals surface area contributed by atoms with Gasteiger partial charge in [-0.05, 0) is 32.6 Å². The zero-order valence-corrected chi connectivity index (χ0v) is 12.4. The van der Waals surface area contributed by atoms with Crippen LogP contribution in [0, 0.1) is 5.41 Å². The molecule has 2 saturated heterocycles. The molecule has 2 aliphatic heterocycles. The molecule has 3 N–H and O–H groups in total. The van der Waals surface area contributed by atoms with Gasteiger partial charge in [0.25, 0.3) is 0 Å². The molecule has 0 bridgehead atoms. The summed E-state index contributed by atoms with van der Waals surface area (Å²) in [5.41, 5.74) is -1.30. The first kappa shape index (κ1) is 16.0. The van der Waals surface area contributed by atoms with E-state index >= 15 is 0 Å². The van der Waals surface area contributed by atoms with Crippen LogP contribution in [0.2, 0.25) is 0 Å². The zero-order chi connectivity index (χ0) is 15.3. The van der Waals surface area contributed by atoms with Crippen molar-refractivity contribution >= 4 is 12.0 Å². The van der Waals surface area contributed by atoms with E-state index in [1.165, 1.54) is 0 Å². The Hall–Kier alpha value is -1.34. The number of carboxylic acids is 1. The van der Waals surface area contributed by atoms with Crippen molar-refractivity contribution < 1.29 is 24.2 Å². The van der Waals surface area contributed by atoms with E-state index in [9.17, 15) is 14.7 Å². The summed E-state index contributed by atoms with van der Waals surface area (Å²) in [6, 6.07) is -0.338. The summed E-state index contributed by atoms with van der Waals surface area (Å²) in [5, 5.41) is 15.0. The predicted molar refractivity (Wildman–Crippen MR) is 75.1 cm³/mol. The van der Waals surface area contributed by atoms with Crippen molar-refractivity contribution in [3.63, 3.8) is 0 Å². The summed E-state index contributed by atoms with van der Waals surface area (Å²) in [5.74, 6) is -0.877. The molecule has 2 aliphatic rings. The number of hydrogen-bond acceptors (Lipinski definition) is 4. The summed E-state index contributed by atoms with van der Waals surface area (Å²) in [6.45, 7) is 4.10. The van der Waals surface area contributed by atoms with Crippen molar-refractivity contribution in [3.8, 4) is 0 Å². The first-order chi connectivity index (χ1) is 9.96. The lowest BCUT2D eigenvalue weighted by Gasteiger charge is -2.36. The van der Waals surface area contributed by atoms with Crippen LogP contribution >= 0.6 is 0 Å². The summed E-state index contributed by atoms with van der Waals surface area (Å²) in [4.78, 5) is 23.5. The van der Waals surface area contributed by atoms with E-state index in [0.717, 1.165) is 19.4 Å². The Labute approximate surface area is 124 Å². The van der Waals surface area contributed by atoms with Crippen LogP contribution < -0.4 is 10.6 Å². The van der Waals surface area contributed by atoms with Crippen molar-refractivity contribution in [3.05, 3.63) is 0 Å². The van der Waals surface area contributed by atoms with Gasteiger partial charge in [0.1, 0.15) is 0 Å². The number of hydrogen-bond donors (Lipinski definition) is 3. The van der Waals surface area contributed by atoms with Gasteiger partial charge in [-0.2, -0.15) is 0 Å². The van der Waals surface area contributed by atoms with Crippen LogP contribution in [-0.2, 0) is 14.3 Å². The topological polar surface area (TPSA) is 96.9 Å². The van der Waals surface area contributed by atoms with E-state index in [2.05, 4.69) is 10.6 Å². The van der Waals surface area contributed by atoms with Crippen LogP contribution in [0.3, 0.4) is 0 Å². The van der Waals surface area contributed by atoms with Gasteiger partial charge in [0, 0.05) is 26.4 Å². The van der Waals surface area contributed by atoms with Crippen LogP contribution in [0.5, 0.6) is 0 Å². The maximum atomic E-state index is 12.0. The van der Waals surface area contributed by atoms with Crippen molar-refractivity contribution in [2.45, 2.75) is 38.1 Å². The number of aliphatic carboxylic acids is 1. The minimum atomic E-state index is -0.917. The highest BCUT2D eigenvalue weighted by molar-refractivity contribution is 5.78. The molecule has 7 nitrogen and oxygen atoms in total. The average Bonchev–Trinajstić information content (AvgIpc) is 2.46. The molecule has 2 rings (SSSR count). The fourth-order valence-corrected chi connectivity index (χ4v) is 2.83. The van der Waals surface area contributed by atoms with Gasteiger partial charge in [-0.25, -0.2) is 4.79 Å². The Morgan fingerprint density at radius 1 is 1.14 bits per heavy atom. The maximum Gasteiger partial charge on any atom is 0.315 e. The Balaban J connectivity index is 1.85. The second kappa shape index (κ2) is 6.62. The molecule has 2 heterocycles. The van der Waals surface area contributed by atoms with Crippen molar-refractivity contribution in [1.29, 1.82) is 0 Å². The Morgan fingerprint density at radius 3 is 2.43 bits per heavy atom. The first-order valence-corrected chi connectivity index (χ1v) is 7.41. The lowest BCUT2D eigenvalue weighted by atomic mass is 9.80. The van der Waals surface area contributed by atoms with E-state index in [1.807, 2.05) is 6.92 Å². The van der Waals surface area contributed by atoms with E-state index in [-0.39, 0.29) is 18.1 Å². The summed E-state index contributed by atoms with van der Waals surface area (Å²) < 4.78 is 10.6. The largest absolute Gasteiger partial charge is 0.481 e. The predicted octanol–water partition coefficient (Wildman–Crippen LogP) is 0.736. The molecule has 0 saturated carbocycles. The molecular weight excluding hydrogens is 276 g/mol. The molecule has 7 heteroatoms. The van der Waals surface area contributed by atoms with Crippen molar-refractivity contribution in [1.82, 2.24) is 10.6 Å². The molecule has 21 heavy (non-hydrogen) atoms. The van der Waals surface area contributed by atoms with Crippen molar-refractivity contribution in [2.24, 2.45) is 5.41 Å². The van der Waals surface area contributed by atoms with Crippen LogP contribution in [0.15, 0.2) is 0 Å². The number of urea groups is 1. The van der Waals surface area contributed by atoms with Gasteiger partial charge in [0.15, 0.2) is 0 Å². The minimum Gasteiger partial charge on any atom is -0.481 e. The monoisotopic (exact) mass is 300 g/mol. The number of carbonyl (C=O) groups excluding carboxylic acids is 1. The van der Waals surface area contributed by atoms with Crippen LogP contribution in [0.25, 0.3) is 0 Å². The van der Waals surface area contributed by atoms with Gasteiger partial charge in [-0.3, -0.25) is 4.79 Å². The SMILES string of the molecule is CC1(NC(=O)NCC2(C(=O)O)CCOCC2)CCCOC1. The first-order valence-electron chi connectivity index (χ1n) is 7.41. The van der Waals surface area contributed by atoms with E-state index < -0.39 is 11.4 Å². The lowest BCUT2D eigenvalue weighted by molar-refractivity contribution is -0.154.